The number of aliphatic hydroxyl groups is 2. The first-order chi connectivity index (χ1) is 9.64. The molecule has 8 atom stereocenters. The summed E-state index contributed by atoms with van der Waals surface area (Å²) in [5.41, 5.74) is -0.0553. The second kappa shape index (κ2) is 6.78. The summed E-state index contributed by atoms with van der Waals surface area (Å²) in [4.78, 5) is 0.367. The number of aliphatic hydroxyl groups excluding tert-OH is 2. The summed E-state index contributed by atoms with van der Waals surface area (Å²) < 4.78 is 0. The van der Waals surface area contributed by atoms with Crippen molar-refractivity contribution in [1.29, 1.82) is 0 Å². The van der Waals surface area contributed by atoms with Gasteiger partial charge in [0, 0.05) is 9.65 Å². The third kappa shape index (κ3) is 3.70. The second-order valence-corrected chi connectivity index (χ2v) is 10.6. The molecule has 8 unspecified atom stereocenters. The Kier molecular flexibility index (Phi) is 5.89. The molecule has 4 heteroatoms. The van der Waals surface area contributed by atoms with Crippen molar-refractivity contribution in [3.05, 3.63) is 0 Å². The van der Waals surface area contributed by atoms with Crippen LogP contribution >= 0.6 is 31.9 Å². The molecule has 2 N–H and O–H groups in total. The second-order valence-electron chi connectivity index (χ2n) is 8.20. The van der Waals surface area contributed by atoms with E-state index >= 15 is 0 Å². The van der Waals surface area contributed by atoms with E-state index in [1.165, 1.54) is 0 Å². The molecule has 0 radical (unpaired) electrons. The molecule has 0 saturated heterocycles. The molecule has 0 aromatic rings. The molecule has 0 spiro atoms. The fourth-order valence-corrected chi connectivity index (χ4v) is 6.67. The SMILES string of the molecule is CC1CC(Br)C(O)C(C(C)(C)C2CC(C)CC(Br)C2O)C1. The van der Waals surface area contributed by atoms with Gasteiger partial charge in [0.1, 0.15) is 0 Å². The molecular weight excluding hydrogens is 396 g/mol. The van der Waals surface area contributed by atoms with Gasteiger partial charge in [0.15, 0.2) is 0 Å². The maximum Gasteiger partial charge on any atom is 0.0698 e. The zero-order chi connectivity index (χ0) is 15.9. The Morgan fingerprint density at radius 3 is 1.43 bits per heavy atom. The van der Waals surface area contributed by atoms with Gasteiger partial charge in [-0.1, -0.05) is 59.6 Å². The number of hydrogen-bond donors (Lipinski definition) is 2. The average molecular weight is 426 g/mol. The van der Waals surface area contributed by atoms with Gasteiger partial charge in [-0.15, -0.1) is 0 Å². The van der Waals surface area contributed by atoms with Crippen molar-refractivity contribution in [3.8, 4) is 0 Å². The molecule has 2 fully saturated rings. The van der Waals surface area contributed by atoms with Gasteiger partial charge in [-0.25, -0.2) is 0 Å². The number of rotatable bonds is 2. The molecule has 0 heterocycles. The fraction of sp³-hybridized carbons (Fsp3) is 1.00. The van der Waals surface area contributed by atoms with Crippen molar-refractivity contribution >= 4 is 31.9 Å². The highest BCUT2D eigenvalue weighted by atomic mass is 79.9. The largest absolute Gasteiger partial charge is 0.392 e. The van der Waals surface area contributed by atoms with E-state index in [-0.39, 0.29) is 39.1 Å². The lowest BCUT2D eigenvalue weighted by molar-refractivity contribution is -0.0840. The predicted molar refractivity (Wildman–Crippen MR) is 95.0 cm³/mol. The summed E-state index contributed by atoms with van der Waals surface area (Å²) in [5.74, 6) is 1.74. The van der Waals surface area contributed by atoms with Gasteiger partial charge < -0.3 is 10.2 Å². The van der Waals surface area contributed by atoms with E-state index in [9.17, 15) is 10.2 Å². The zero-order valence-corrected chi connectivity index (χ0v) is 16.8. The maximum absolute atomic E-state index is 10.7. The van der Waals surface area contributed by atoms with Crippen LogP contribution in [0.25, 0.3) is 0 Å². The van der Waals surface area contributed by atoms with Gasteiger partial charge in [-0.3, -0.25) is 0 Å². The molecule has 2 rings (SSSR count). The van der Waals surface area contributed by atoms with Gasteiger partial charge in [-0.2, -0.15) is 0 Å². The van der Waals surface area contributed by atoms with Crippen molar-refractivity contribution in [2.45, 2.75) is 75.2 Å². The van der Waals surface area contributed by atoms with E-state index in [4.69, 9.17) is 0 Å². The van der Waals surface area contributed by atoms with Crippen LogP contribution in [-0.4, -0.2) is 32.1 Å². The predicted octanol–water partition coefficient (Wildman–Crippen LogP) is 4.35. The normalized spacial score (nSPS) is 49.1. The van der Waals surface area contributed by atoms with E-state index in [0.717, 1.165) is 25.7 Å². The lowest BCUT2D eigenvalue weighted by Gasteiger charge is -2.52. The van der Waals surface area contributed by atoms with Crippen LogP contribution < -0.4 is 0 Å². The van der Waals surface area contributed by atoms with Gasteiger partial charge in [0.05, 0.1) is 12.2 Å². The molecule has 0 aromatic carbocycles. The number of halogens is 2. The van der Waals surface area contributed by atoms with Gasteiger partial charge >= 0.3 is 0 Å². The van der Waals surface area contributed by atoms with Crippen LogP contribution in [0.2, 0.25) is 0 Å². The number of alkyl halides is 2. The minimum Gasteiger partial charge on any atom is -0.392 e. The average Bonchev–Trinajstić information content (AvgIpc) is 2.37. The Morgan fingerprint density at radius 2 is 1.10 bits per heavy atom. The minimum absolute atomic E-state index is 0.0553. The number of hydrogen-bond acceptors (Lipinski definition) is 2. The molecule has 124 valence electrons. The minimum atomic E-state index is -0.311. The molecule has 21 heavy (non-hydrogen) atoms. The lowest BCUT2D eigenvalue weighted by Crippen LogP contribution is -2.53. The summed E-state index contributed by atoms with van der Waals surface area (Å²) in [6, 6.07) is 0. The van der Waals surface area contributed by atoms with Crippen LogP contribution in [0.15, 0.2) is 0 Å². The van der Waals surface area contributed by atoms with E-state index in [1.54, 1.807) is 0 Å². The van der Waals surface area contributed by atoms with E-state index < -0.39 is 0 Å². The Balaban J connectivity index is 2.22. The van der Waals surface area contributed by atoms with Crippen LogP contribution in [0, 0.1) is 29.1 Å². The van der Waals surface area contributed by atoms with Gasteiger partial charge in [0.2, 0.25) is 0 Å². The first kappa shape index (κ1) is 18.2. The third-order valence-corrected chi connectivity index (χ3v) is 7.88. The lowest BCUT2D eigenvalue weighted by atomic mass is 9.57. The maximum atomic E-state index is 10.7. The molecule has 0 amide bonds. The Morgan fingerprint density at radius 1 is 0.762 bits per heavy atom. The third-order valence-electron chi connectivity index (χ3n) is 6.04. The van der Waals surface area contributed by atoms with Crippen LogP contribution in [0.4, 0.5) is 0 Å². The highest BCUT2D eigenvalue weighted by molar-refractivity contribution is 9.09. The van der Waals surface area contributed by atoms with E-state index in [2.05, 4.69) is 59.6 Å². The van der Waals surface area contributed by atoms with E-state index in [0.29, 0.717) is 11.8 Å². The molecule has 0 bridgehead atoms. The summed E-state index contributed by atoms with van der Waals surface area (Å²) in [6.45, 7) is 9.06. The van der Waals surface area contributed by atoms with Crippen molar-refractivity contribution in [2.24, 2.45) is 29.1 Å². The summed E-state index contributed by atoms with van der Waals surface area (Å²) in [7, 11) is 0. The Bertz CT molecular complexity index is 329. The molecule has 0 aliphatic heterocycles. The molecular formula is C17H30Br2O2. The molecule has 2 aliphatic rings. The Labute approximate surface area is 146 Å². The first-order valence-corrected chi connectivity index (χ1v) is 10.1. The van der Waals surface area contributed by atoms with Crippen molar-refractivity contribution < 1.29 is 10.2 Å². The quantitative estimate of drug-likeness (QED) is 0.645. The summed E-state index contributed by atoms with van der Waals surface area (Å²) in [5, 5.41) is 21.4. The smallest absolute Gasteiger partial charge is 0.0698 e. The van der Waals surface area contributed by atoms with Crippen molar-refractivity contribution in [3.63, 3.8) is 0 Å². The first-order valence-electron chi connectivity index (χ1n) is 8.28. The molecule has 2 nitrogen and oxygen atoms in total. The Hall–Kier alpha value is 0.880. The highest BCUT2D eigenvalue weighted by Gasteiger charge is 2.50. The highest BCUT2D eigenvalue weighted by Crippen LogP contribution is 2.52. The van der Waals surface area contributed by atoms with Crippen LogP contribution in [0.3, 0.4) is 0 Å². The van der Waals surface area contributed by atoms with Crippen LogP contribution in [0.1, 0.15) is 53.4 Å². The zero-order valence-electron chi connectivity index (χ0n) is 13.6. The van der Waals surface area contributed by atoms with Crippen molar-refractivity contribution in [1.82, 2.24) is 0 Å². The van der Waals surface area contributed by atoms with E-state index in [1.807, 2.05) is 0 Å². The van der Waals surface area contributed by atoms with Gasteiger partial charge in [0.25, 0.3) is 0 Å². The standard InChI is InChI=1S/C17H30Br2O2/c1-9-5-11(15(20)13(18)7-9)17(3,4)12-6-10(2)8-14(19)16(12)21/h9-16,20-21H,5-8H2,1-4H3. The monoisotopic (exact) mass is 424 g/mol. The molecule has 2 saturated carbocycles. The summed E-state index contributed by atoms with van der Waals surface area (Å²) in [6.07, 6.45) is 3.57. The van der Waals surface area contributed by atoms with Crippen molar-refractivity contribution in [2.75, 3.05) is 0 Å². The van der Waals surface area contributed by atoms with Crippen LogP contribution in [0.5, 0.6) is 0 Å². The fourth-order valence-electron chi connectivity index (χ4n) is 4.65. The van der Waals surface area contributed by atoms with Crippen LogP contribution in [-0.2, 0) is 0 Å². The summed E-state index contributed by atoms with van der Waals surface area (Å²) >= 11 is 7.34. The molecule has 2 aliphatic carbocycles. The topological polar surface area (TPSA) is 40.5 Å². The molecule has 0 aromatic heterocycles. The van der Waals surface area contributed by atoms with Gasteiger partial charge in [-0.05, 0) is 54.8 Å².